The number of hydrogen-bond donors (Lipinski definition) is 1. The first kappa shape index (κ1) is 17.9. The number of carbonyl (C=O) groups is 1. The Morgan fingerprint density at radius 3 is 2.69 bits per heavy atom. The predicted molar refractivity (Wildman–Crippen MR) is 98.3 cm³/mol. The lowest BCUT2D eigenvalue weighted by Crippen LogP contribution is -2.44. The van der Waals surface area contributed by atoms with Crippen LogP contribution in [0.25, 0.3) is 0 Å². The zero-order valence-electron chi connectivity index (χ0n) is 14.8. The highest BCUT2D eigenvalue weighted by Gasteiger charge is 2.26. The van der Waals surface area contributed by atoms with Crippen molar-refractivity contribution in [3.8, 4) is 5.75 Å². The molecule has 0 saturated heterocycles. The van der Waals surface area contributed by atoms with Gasteiger partial charge in [-0.3, -0.25) is 19.8 Å². The topological polar surface area (TPSA) is 84.7 Å². The molecule has 1 aliphatic heterocycles. The number of nitrogens with zero attached hydrogens (tertiary/aromatic N) is 2. The zero-order valence-corrected chi connectivity index (χ0v) is 14.8. The molecule has 0 spiro atoms. The molecular weight excluding hydrogens is 334 g/mol. The third-order valence-corrected chi connectivity index (χ3v) is 4.74. The summed E-state index contributed by atoms with van der Waals surface area (Å²) in [7, 11) is 1.42. The molecule has 2 aromatic carbocycles. The van der Waals surface area contributed by atoms with Crippen molar-refractivity contribution >= 4 is 17.3 Å². The highest BCUT2D eigenvalue weighted by molar-refractivity contribution is 5.96. The number of non-ortho nitro benzene ring substituents is 1. The molecule has 136 valence electrons. The Balaban J connectivity index is 1.71. The Kier molecular flexibility index (Phi) is 5.18. The Bertz CT molecular complexity index is 837. The Morgan fingerprint density at radius 1 is 1.27 bits per heavy atom. The van der Waals surface area contributed by atoms with Crippen LogP contribution in [-0.2, 0) is 17.8 Å². The van der Waals surface area contributed by atoms with Gasteiger partial charge in [-0.15, -0.1) is 0 Å². The second-order valence-electron chi connectivity index (χ2n) is 6.30. The van der Waals surface area contributed by atoms with Crippen LogP contribution in [0, 0.1) is 10.1 Å². The fraction of sp³-hybridized carbons (Fsp3) is 0.316. The lowest BCUT2D eigenvalue weighted by Gasteiger charge is -2.33. The number of nitro benzene ring substituents is 1. The summed E-state index contributed by atoms with van der Waals surface area (Å²) in [5.74, 6) is 0.0975. The van der Waals surface area contributed by atoms with Crippen LogP contribution in [0.15, 0.2) is 42.5 Å². The van der Waals surface area contributed by atoms with Gasteiger partial charge in [-0.2, -0.15) is 0 Å². The van der Waals surface area contributed by atoms with E-state index in [1.165, 1.54) is 36.4 Å². The summed E-state index contributed by atoms with van der Waals surface area (Å²) in [6, 6.07) is 12.1. The largest absolute Gasteiger partial charge is 0.494 e. The second-order valence-corrected chi connectivity index (χ2v) is 6.30. The van der Waals surface area contributed by atoms with Gasteiger partial charge in [-0.1, -0.05) is 24.3 Å². The molecule has 0 unspecified atom stereocenters. The van der Waals surface area contributed by atoms with Gasteiger partial charge >= 0.3 is 0 Å². The lowest BCUT2D eigenvalue weighted by atomic mass is 9.99. The van der Waals surface area contributed by atoms with Crippen molar-refractivity contribution in [3.05, 3.63) is 63.7 Å². The number of fused-ring (bicyclic) bond motifs is 1. The van der Waals surface area contributed by atoms with Crippen LogP contribution in [0.3, 0.4) is 0 Å². The summed E-state index contributed by atoms with van der Waals surface area (Å²) in [6.45, 7) is 3.40. The van der Waals surface area contributed by atoms with Crippen molar-refractivity contribution in [3.63, 3.8) is 0 Å². The summed E-state index contributed by atoms with van der Waals surface area (Å²) >= 11 is 0. The van der Waals surface area contributed by atoms with Gasteiger partial charge in [-0.05, 0) is 30.5 Å². The molecule has 7 nitrogen and oxygen atoms in total. The van der Waals surface area contributed by atoms with Crippen molar-refractivity contribution < 1.29 is 14.5 Å². The molecular formula is C19H21N3O4. The van der Waals surface area contributed by atoms with Gasteiger partial charge in [0.05, 0.1) is 29.8 Å². The highest BCUT2D eigenvalue weighted by Crippen LogP contribution is 2.29. The van der Waals surface area contributed by atoms with Gasteiger partial charge in [0.2, 0.25) is 5.91 Å². The van der Waals surface area contributed by atoms with Gasteiger partial charge in [0.25, 0.3) is 5.69 Å². The maximum atomic E-state index is 12.7. The fourth-order valence-corrected chi connectivity index (χ4v) is 3.15. The predicted octanol–water partition coefficient (Wildman–Crippen LogP) is 2.99. The third-order valence-electron chi connectivity index (χ3n) is 4.74. The molecule has 2 aromatic rings. The maximum absolute atomic E-state index is 12.7. The minimum Gasteiger partial charge on any atom is -0.494 e. The third kappa shape index (κ3) is 3.67. The van der Waals surface area contributed by atoms with Crippen molar-refractivity contribution in [1.82, 2.24) is 4.90 Å². The molecule has 1 amide bonds. The number of benzene rings is 2. The van der Waals surface area contributed by atoms with Gasteiger partial charge in [0.15, 0.2) is 0 Å². The average molecular weight is 355 g/mol. The van der Waals surface area contributed by atoms with E-state index in [2.05, 4.69) is 22.3 Å². The van der Waals surface area contributed by atoms with E-state index in [1.807, 2.05) is 19.1 Å². The molecule has 0 aliphatic carbocycles. The van der Waals surface area contributed by atoms with Gasteiger partial charge in [-0.25, -0.2) is 0 Å². The normalized spacial score (nSPS) is 15.0. The molecule has 1 N–H and O–H groups in total. The quantitative estimate of drug-likeness (QED) is 0.658. The minimum atomic E-state index is -0.498. The summed E-state index contributed by atoms with van der Waals surface area (Å²) in [6.07, 6.45) is 0.911. The fourth-order valence-electron chi connectivity index (χ4n) is 3.15. The van der Waals surface area contributed by atoms with Crippen LogP contribution in [0.1, 0.15) is 18.1 Å². The standard InChI is InChI=1S/C19H21N3O4/c1-13(21-10-9-14-5-3-4-6-15(14)12-21)19(23)20-17-8-7-16(22(24)25)11-18(17)26-2/h3-8,11,13H,9-10,12H2,1-2H3,(H,20,23)/t13-/m0/s1. The second kappa shape index (κ2) is 7.53. The molecule has 1 aliphatic rings. The molecule has 0 aromatic heterocycles. The molecule has 0 fully saturated rings. The van der Waals surface area contributed by atoms with Crippen LogP contribution >= 0.6 is 0 Å². The van der Waals surface area contributed by atoms with Crippen LogP contribution < -0.4 is 10.1 Å². The summed E-state index contributed by atoms with van der Waals surface area (Å²) in [4.78, 5) is 25.2. The highest BCUT2D eigenvalue weighted by atomic mass is 16.6. The van der Waals surface area contributed by atoms with Crippen LogP contribution in [0.4, 0.5) is 11.4 Å². The monoisotopic (exact) mass is 355 g/mol. The minimum absolute atomic E-state index is 0.0828. The first-order valence-corrected chi connectivity index (χ1v) is 8.43. The number of carbonyl (C=O) groups excluding carboxylic acids is 1. The SMILES string of the molecule is COc1cc([N+](=O)[O-])ccc1NC(=O)[C@H](C)N1CCc2ccccc2C1. The number of nitro groups is 1. The number of methoxy groups -OCH3 is 1. The summed E-state index contributed by atoms with van der Waals surface area (Å²) in [5.41, 5.74) is 2.91. The average Bonchev–Trinajstić information content (AvgIpc) is 2.67. The number of nitrogens with one attached hydrogen (secondary N) is 1. The molecule has 26 heavy (non-hydrogen) atoms. The number of ether oxygens (including phenoxy) is 1. The van der Waals surface area contributed by atoms with Crippen molar-refractivity contribution in [1.29, 1.82) is 0 Å². The van der Waals surface area contributed by atoms with E-state index in [0.29, 0.717) is 5.69 Å². The Morgan fingerprint density at radius 2 is 2.00 bits per heavy atom. The van der Waals surface area contributed by atoms with Gasteiger partial charge in [0, 0.05) is 19.2 Å². The molecule has 0 saturated carbocycles. The van der Waals surface area contributed by atoms with E-state index in [4.69, 9.17) is 4.74 Å². The zero-order chi connectivity index (χ0) is 18.7. The molecule has 7 heteroatoms. The van der Waals surface area contributed by atoms with E-state index in [0.717, 1.165) is 19.5 Å². The number of anilines is 1. The van der Waals surface area contributed by atoms with Gasteiger partial charge < -0.3 is 10.1 Å². The smallest absolute Gasteiger partial charge is 0.273 e. The first-order chi connectivity index (χ1) is 12.5. The van der Waals surface area contributed by atoms with Crippen molar-refractivity contribution in [2.24, 2.45) is 0 Å². The molecule has 0 radical (unpaired) electrons. The number of hydrogen-bond acceptors (Lipinski definition) is 5. The van der Waals surface area contributed by atoms with Crippen molar-refractivity contribution in [2.75, 3.05) is 19.0 Å². The van der Waals surface area contributed by atoms with Crippen LogP contribution in [0.2, 0.25) is 0 Å². The van der Waals surface area contributed by atoms with E-state index >= 15 is 0 Å². The molecule has 3 rings (SSSR count). The van der Waals surface area contributed by atoms with Crippen molar-refractivity contribution in [2.45, 2.75) is 25.9 Å². The van der Waals surface area contributed by atoms with E-state index < -0.39 is 4.92 Å². The lowest BCUT2D eigenvalue weighted by molar-refractivity contribution is -0.384. The van der Waals surface area contributed by atoms with E-state index in [9.17, 15) is 14.9 Å². The molecule has 1 heterocycles. The number of amides is 1. The Labute approximate surface area is 151 Å². The molecule has 0 bridgehead atoms. The van der Waals surface area contributed by atoms with Gasteiger partial charge in [0.1, 0.15) is 5.75 Å². The van der Waals surface area contributed by atoms with Crippen LogP contribution in [0.5, 0.6) is 5.75 Å². The summed E-state index contributed by atoms with van der Waals surface area (Å²) < 4.78 is 5.18. The van der Waals surface area contributed by atoms with E-state index in [1.54, 1.807) is 0 Å². The number of rotatable bonds is 5. The molecule has 1 atom stereocenters. The first-order valence-electron chi connectivity index (χ1n) is 8.43. The van der Waals surface area contributed by atoms with Crippen LogP contribution in [-0.4, -0.2) is 35.4 Å². The summed E-state index contributed by atoms with van der Waals surface area (Å²) in [5, 5.41) is 13.7. The van der Waals surface area contributed by atoms with E-state index in [-0.39, 0.29) is 23.4 Å². The maximum Gasteiger partial charge on any atom is 0.273 e. The Hall–Kier alpha value is -2.93.